The minimum Gasteiger partial charge on any atom is -0.478 e. The summed E-state index contributed by atoms with van der Waals surface area (Å²) in [5, 5.41) is 10.1. The Kier molecular flexibility index (Phi) is 4.06. The van der Waals surface area contributed by atoms with E-state index in [2.05, 4.69) is 15.5 Å². The Hall–Kier alpha value is -2.02. The van der Waals surface area contributed by atoms with E-state index in [0.29, 0.717) is 18.0 Å². The van der Waals surface area contributed by atoms with Crippen LogP contribution in [0.15, 0.2) is 16.5 Å². The summed E-state index contributed by atoms with van der Waals surface area (Å²) in [5.41, 5.74) is 0.499. The Balaban J connectivity index is 2.11. The van der Waals surface area contributed by atoms with E-state index in [1.54, 1.807) is 14.0 Å². The van der Waals surface area contributed by atoms with Crippen LogP contribution < -0.4 is 10.1 Å². The molecule has 0 atom stereocenters. The summed E-state index contributed by atoms with van der Waals surface area (Å²) < 4.78 is 37.4. The molecule has 2 aromatic rings. The van der Waals surface area contributed by atoms with Gasteiger partial charge in [-0.05, 0) is 24.7 Å². The van der Waals surface area contributed by atoms with Gasteiger partial charge < -0.3 is 14.5 Å². The van der Waals surface area contributed by atoms with Gasteiger partial charge in [-0.2, -0.15) is 0 Å². The Labute approximate surface area is 108 Å². The second-order valence-corrected chi connectivity index (χ2v) is 3.92. The lowest BCUT2D eigenvalue weighted by Crippen LogP contribution is -2.07. The van der Waals surface area contributed by atoms with Crippen molar-refractivity contribution in [1.82, 2.24) is 15.5 Å². The van der Waals surface area contributed by atoms with Crippen molar-refractivity contribution >= 4 is 0 Å². The lowest BCUT2D eigenvalue weighted by Gasteiger charge is -2.08. The predicted molar refractivity (Wildman–Crippen MR) is 62.5 cm³/mol. The molecule has 0 aliphatic carbocycles. The molecule has 19 heavy (non-hydrogen) atoms. The Bertz CT molecular complexity index is 549. The van der Waals surface area contributed by atoms with Crippen LogP contribution in [0.1, 0.15) is 17.3 Å². The van der Waals surface area contributed by atoms with E-state index >= 15 is 0 Å². The van der Waals surface area contributed by atoms with Gasteiger partial charge in [0.25, 0.3) is 5.89 Å². The molecule has 0 aliphatic rings. The molecular formula is C12H13F2N3O2. The molecule has 0 saturated heterocycles. The summed E-state index contributed by atoms with van der Waals surface area (Å²) in [5.74, 6) is -1.45. The van der Waals surface area contributed by atoms with Crippen LogP contribution in [0, 0.1) is 18.6 Å². The molecule has 0 fully saturated rings. The van der Waals surface area contributed by atoms with Crippen LogP contribution in [0.25, 0.3) is 0 Å². The molecule has 1 aromatic heterocycles. The second kappa shape index (κ2) is 5.75. The highest BCUT2D eigenvalue weighted by atomic mass is 19.1. The molecule has 0 radical (unpaired) electrons. The van der Waals surface area contributed by atoms with Crippen molar-refractivity contribution in [3.05, 3.63) is 41.1 Å². The van der Waals surface area contributed by atoms with Gasteiger partial charge >= 0.3 is 0 Å². The van der Waals surface area contributed by atoms with Gasteiger partial charge in [0.1, 0.15) is 0 Å². The first-order chi connectivity index (χ1) is 9.10. The van der Waals surface area contributed by atoms with E-state index < -0.39 is 17.4 Å². The van der Waals surface area contributed by atoms with E-state index in [4.69, 9.17) is 9.15 Å². The number of hydrogen-bond donors (Lipinski definition) is 1. The van der Waals surface area contributed by atoms with E-state index in [-0.39, 0.29) is 12.5 Å². The molecule has 102 valence electrons. The number of aryl methyl sites for hydroxylation is 1. The fourth-order valence-corrected chi connectivity index (χ4v) is 1.59. The molecule has 0 aliphatic heterocycles. The molecule has 1 aromatic carbocycles. The SMILES string of the molecule is CNCc1cc(F)c(OCc2nnc(C)o2)c(F)c1. The van der Waals surface area contributed by atoms with Gasteiger partial charge in [0.2, 0.25) is 5.89 Å². The van der Waals surface area contributed by atoms with Gasteiger partial charge in [-0.15, -0.1) is 10.2 Å². The van der Waals surface area contributed by atoms with E-state index in [9.17, 15) is 8.78 Å². The van der Waals surface area contributed by atoms with Gasteiger partial charge in [-0.3, -0.25) is 0 Å². The zero-order valence-corrected chi connectivity index (χ0v) is 10.5. The average molecular weight is 269 g/mol. The fraction of sp³-hybridized carbons (Fsp3) is 0.333. The third kappa shape index (κ3) is 3.25. The van der Waals surface area contributed by atoms with Crippen LogP contribution in [0.4, 0.5) is 8.78 Å². The van der Waals surface area contributed by atoms with E-state index in [1.165, 1.54) is 12.1 Å². The molecule has 7 heteroatoms. The average Bonchev–Trinajstić information content (AvgIpc) is 2.74. The number of ether oxygens (including phenoxy) is 1. The lowest BCUT2D eigenvalue weighted by atomic mass is 10.2. The van der Waals surface area contributed by atoms with Gasteiger partial charge in [0.05, 0.1) is 0 Å². The number of aromatic nitrogens is 2. The summed E-state index contributed by atoms with van der Waals surface area (Å²) in [6.45, 7) is 1.81. The highest BCUT2D eigenvalue weighted by molar-refractivity contribution is 5.31. The lowest BCUT2D eigenvalue weighted by molar-refractivity contribution is 0.238. The van der Waals surface area contributed by atoms with Gasteiger partial charge in [-0.25, -0.2) is 8.78 Å². The molecule has 0 amide bonds. The molecular weight excluding hydrogens is 256 g/mol. The van der Waals surface area contributed by atoms with Crippen LogP contribution >= 0.6 is 0 Å². The molecule has 2 rings (SSSR count). The number of hydrogen-bond acceptors (Lipinski definition) is 5. The number of rotatable bonds is 5. The van der Waals surface area contributed by atoms with Crippen LogP contribution in [-0.2, 0) is 13.2 Å². The molecule has 0 spiro atoms. The zero-order valence-electron chi connectivity index (χ0n) is 10.5. The largest absolute Gasteiger partial charge is 0.478 e. The van der Waals surface area contributed by atoms with Crippen LogP contribution in [0.5, 0.6) is 5.75 Å². The van der Waals surface area contributed by atoms with Gasteiger partial charge in [0.15, 0.2) is 24.0 Å². The molecule has 1 heterocycles. The van der Waals surface area contributed by atoms with E-state index in [0.717, 1.165) is 0 Å². The third-order valence-corrected chi connectivity index (χ3v) is 2.35. The summed E-state index contributed by atoms with van der Waals surface area (Å²) >= 11 is 0. The zero-order chi connectivity index (χ0) is 13.8. The smallest absolute Gasteiger partial charge is 0.253 e. The Morgan fingerprint density at radius 3 is 2.47 bits per heavy atom. The summed E-state index contributed by atoms with van der Waals surface area (Å²) in [6.07, 6.45) is 0. The van der Waals surface area contributed by atoms with Crippen molar-refractivity contribution in [3.8, 4) is 5.75 Å². The van der Waals surface area contributed by atoms with Crippen molar-refractivity contribution in [3.63, 3.8) is 0 Å². The van der Waals surface area contributed by atoms with Crippen molar-refractivity contribution in [2.24, 2.45) is 0 Å². The third-order valence-electron chi connectivity index (χ3n) is 2.35. The van der Waals surface area contributed by atoms with Crippen molar-refractivity contribution in [1.29, 1.82) is 0 Å². The molecule has 0 saturated carbocycles. The maximum Gasteiger partial charge on any atom is 0.253 e. The number of benzene rings is 1. The fourth-order valence-electron chi connectivity index (χ4n) is 1.59. The van der Waals surface area contributed by atoms with Crippen LogP contribution in [0.2, 0.25) is 0 Å². The quantitative estimate of drug-likeness (QED) is 0.899. The molecule has 0 unspecified atom stereocenters. The minimum absolute atomic E-state index is 0.163. The van der Waals surface area contributed by atoms with Crippen LogP contribution in [0.3, 0.4) is 0 Å². The monoisotopic (exact) mass is 269 g/mol. The summed E-state index contributed by atoms with van der Waals surface area (Å²) in [6, 6.07) is 2.43. The summed E-state index contributed by atoms with van der Waals surface area (Å²) in [4.78, 5) is 0. The predicted octanol–water partition coefficient (Wildman–Crippen LogP) is 1.95. The standard InChI is InChI=1S/C12H13F2N3O2/c1-7-16-17-11(19-7)6-18-12-9(13)3-8(5-15-2)4-10(12)14/h3-4,15H,5-6H2,1-2H3. The first-order valence-electron chi connectivity index (χ1n) is 5.64. The second-order valence-electron chi connectivity index (χ2n) is 3.92. The Morgan fingerprint density at radius 1 is 1.26 bits per heavy atom. The maximum absolute atomic E-state index is 13.7. The Morgan fingerprint density at radius 2 is 1.95 bits per heavy atom. The van der Waals surface area contributed by atoms with Crippen LogP contribution in [-0.4, -0.2) is 17.2 Å². The number of nitrogens with one attached hydrogen (secondary N) is 1. The highest BCUT2D eigenvalue weighted by Crippen LogP contribution is 2.24. The molecule has 5 nitrogen and oxygen atoms in total. The first kappa shape index (κ1) is 13.4. The highest BCUT2D eigenvalue weighted by Gasteiger charge is 2.14. The van der Waals surface area contributed by atoms with E-state index in [1.807, 2.05) is 0 Å². The number of nitrogens with zero attached hydrogens (tertiary/aromatic N) is 2. The first-order valence-corrected chi connectivity index (χ1v) is 5.64. The van der Waals surface area contributed by atoms with Crippen molar-refractivity contribution < 1.29 is 17.9 Å². The molecule has 0 bridgehead atoms. The van der Waals surface area contributed by atoms with Crippen molar-refractivity contribution in [2.75, 3.05) is 7.05 Å². The minimum atomic E-state index is -0.763. The topological polar surface area (TPSA) is 60.2 Å². The number of halogens is 2. The van der Waals surface area contributed by atoms with Crippen molar-refractivity contribution in [2.45, 2.75) is 20.1 Å². The summed E-state index contributed by atoms with van der Waals surface area (Å²) in [7, 11) is 1.69. The maximum atomic E-state index is 13.7. The molecule has 1 N–H and O–H groups in total. The van der Waals surface area contributed by atoms with Gasteiger partial charge in [-0.1, -0.05) is 0 Å². The normalized spacial score (nSPS) is 10.7. The van der Waals surface area contributed by atoms with Gasteiger partial charge in [0, 0.05) is 13.5 Å².